The van der Waals surface area contributed by atoms with Gasteiger partial charge in [0.1, 0.15) is 0 Å². The Balaban J connectivity index is 3.77. The van der Waals surface area contributed by atoms with E-state index in [1.54, 1.807) is 0 Å². The number of hydrogen-bond acceptors (Lipinski definition) is 4. The molecule has 0 aliphatic rings. The van der Waals surface area contributed by atoms with Crippen molar-refractivity contribution < 1.29 is 19.1 Å². The van der Waals surface area contributed by atoms with Gasteiger partial charge in [-0.05, 0) is 43.9 Å². The summed E-state index contributed by atoms with van der Waals surface area (Å²) < 4.78 is 10.6. The lowest BCUT2D eigenvalue weighted by Gasteiger charge is -2.32. The first kappa shape index (κ1) is 33.9. The highest BCUT2D eigenvalue weighted by atomic mass is 16.5. The molecule has 0 spiro atoms. The standard InChI is InChI=1S/C31H60O4/c1-5-9-21-27-34-29(32)23-17-13-11-15-19-25-31(7-3,8-4)26-20-16-12-14-18-24-30(33)35-28-22-10-6-2/h5-28H2,1-4H3. The van der Waals surface area contributed by atoms with E-state index in [1.807, 2.05) is 0 Å². The highest BCUT2D eigenvalue weighted by Crippen LogP contribution is 2.38. The average molecular weight is 497 g/mol. The molecule has 0 rings (SSSR count). The molecule has 208 valence electrons. The lowest BCUT2D eigenvalue weighted by molar-refractivity contribution is -0.144. The van der Waals surface area contributed by atoms with Crippen molar-refractivity contribution in [1.82, 2.24) is 0 Å². The van der Waals surface area contributed by atoms with Crippen LogP contribution in [0.4, 0.5) is 0 Å². The molecule has 0 saturated heterocycles. The van der Waals surface area contributed by atoms with E-state index in [-0.39, 0.29) is 11.9 Å². The van der Waals surface area contributed by atoms with Crippen LogP contribution in [-0.2, 0) is 19.1 Å². The van der Waals surface area contributed by atoms with Gasteiger partial charge in [-0.25, -0.2) is 0 Å². The van der Waals surface area contributed by atoms with Crippen LogP contribution < -0.4 is 0 Å². The second kappa shape index (κ2) is 24.6. The minimum Gasteiger partial charge on any atom is -0.466 e. The van der Waals surface area contributed by atoms with Crippen molar-refractivity contribution >= 4 is 11.9 Å². The van der Waals surface area contributed by atoms with Crippen molar-refractivity contribution in [2.24, 2.45) is 5.41 Å². The molecule has 4 heteroatoms. The van der Waals surface area contributed by atoms with Gasteiger partial charge in [-0.1, -0.05) is 118 Å². The summed E-state index contributed by atoms with van der Waals surface area (Å²) in [6, 6.07) is 0. The van der Waals surface area contributed by atoms with E-state index < -0.39 is 0 Å². The predicted molar refractivity (Wildman–Crippen MR) is 149 cm³/mol. The Labute approximate surface area is 218 Å². The fourth-order valence-electron chi connectivity index (χ4n) is 4.90. The number of rotatable bonds is 26. The molecule has 0 aliphatic heterocycles. The van der Waals surface area contributed by atoms with Crippen molar-refractivity contribution in [3.05, 3.63) is 0 Å². The van der Waals surface area contributed by atoms with Crippen molar-refractivity contribution in [1.29, 1.82) is 0 Å². The van der Waals surface area contributed by atoms with E-state index in [9.17, 15) is 9.59 Å². The SMILES string of the molecule is CCCCCOC(=O)CCCCCCCC(CC)(CC)CCCCCCCC(=O)OCCCCC. The highest BCUT2D eigenvalue weighted by molar-refractivity contribution is 5.69. The maximum Gasteiger partial charge on any atom is 0.305 e. The maximum absolute atomic E-state index is 11.7. The Hall–Kier alpha value is -1.06. The number of unbranched alkanes of at least 4 members (excludes halogenated alkanes) is 12. The van der Waals surface area contributed by atoms with Crippen LogP contribution in [0.2, 0.25) is 0 Å². The van der Waals surface area contributed by atoms with Gasteiger partial charge in [-0.2, -0.15) is 0 Å². The first-order valence-corrected chi connectivity index (χ1v) is 15.3. The van der Waals surface area contributed by atoms with Crippen molar-refractivity contribution in [3.8, 4) is 0 Å². The molecular weight excluding hydrogens is 436 g/mol. The zero-order valence-corrected chi connectivity index (χ0v) is 24.1. The van der Waals surface area contributed by atoms with Gasteiger partial charge >= 0.3 is 11.9 Å². The normalized spacial score (nSPS) is 11.5. The predicted octanol–water partition coefficient (Wildman–Crippen LogP) is 9.72. The number of carbonyl (C=O) groups excluding carboxylic acids is 2. The van der Waals surface area contributed by atoms with Gasteiger partial charge in [0, 0.05) is 12.8 Å². The van der Waals surface area contributed by atoms with E-state index >= 15 is 0 Å². The topological polar surface area (TPSA) is 52.6 Å². The van der Waals surface area contributed by atoms with Crippen LogP contribution in [0.3, 0.4) is 0 Å². The first-order valence-electron chi connectivity index (χ1n) is 15.3. The summed E-state index contributed by atoms with van der Waals surface area (Å²) in [7, 11) is 0. The van der Waals surface area contributed by atoms with E-state index in [0.717, 1.165) is 64.2 Å². The molecule has 0 saturated carbocycles. The van der Waals surface area contributed by atoms with Gasteiger partial charge in [0.05, 0.1) is 13.2 Å². The van der Waals surface area contributed by atoms with Crippen LogP contribution in [0.25, 0.3) is 0 Å². The largest absolute Gasteiger partial charge is 0.466 e. The first-order chi connectivity index (χ1) is 17.0. The lowest BCUT2D eigenvalue weighted by Crippen LogP contribution is -2.19. The Morgan fingerprint density at radius 2 is 0.857 bits per heavy atom. The number of carbonyl (C=O) groups is 2. The molecule has 35 heavy (non-hydrogen) atoms. The molecule has 0 aromatic rings. The second-order valence-electron chi connectivity index (χ2n) is 10.6. The monoisotopic (exact) mass is 496 g/mol. The van der Waals surface area contributed by atoms with Crippen molar-refractivity contribution in [2.45, 2.75) is 169 Å². The fraction of sp³-hybridized carbons (Fsp3) is 0.935. The summed E-state index contributed by atoms with van der Waals surface area (Å²) in [4.78, 5) is 23.5. The molecule has 0 aromatic carbocycles. The third kappa shape index (κ3) is 20.8. The van der Waals surface area contributed by atoms with Crippen LogP contribution in [0.15, 0.2) is 0 Å². The van der Waals surface area contributed by atoms with E-state index in [4.69, 9.17) is 9.47 Å². The average Bonchev–Trinajstić information content (AvgIpc) is 2.87. The summed E-state index contributed by atoms with van der Waals surface area (Å²) in [5.41, 5.74) is 0.505. The Bertz CT molecular complexity index is 444. The summed E-state index contributed by atoms with van der Waals surface area (Å²) in [6.45, 7) is 10.2. The summed E-state index contributed by atoms with van der Waals surface area (Å²) >= 11 is 0. The number of hydrogen-bond donors (Lipinski definition) is 0. The molecule has 0 N–H and O–H groups in total. The minimum atomic E-state index is -0.0144. The molecule has 0 fully saturated rings. The summed E-state index contributed by atoms with van der Waals surface area (Å²) in [6.07, 6.45) is 24.8. The van der Waals surface area contributed by atoms with E-state index in [0.29, 0.717) is 31.5 Å². The third-order valence-corrected chi connectivity index (χ3v) is 7.70. The zero-order valence-electron chi connectivity index (χ0n) is 24.1. The van der Waals surface area contributed by atoms with Gasteiger partial charge in [0.25, 0.3) is 0 Å². The van der Waals surface area contributed by atoms with Crippen LogP contribution >= 0.6 is 0 Å². The molecule has 0 aliphatic carbocycles. The summed E-state index contributed by atoms with van der Waals surface area (Å²) in [5.74, 6) is -0.0288. The lowest BCUT2D eigenvalue weighted by atomic mass is 9.74. The Morgan fingerprint density at radius 3 is 1.23 bits per heavy atom. The molecule has 0 radical (unpaired) electrons. The third-order valence-electron chi connectivity index (χ3n) is 7.70. The molecule has 0 aromatic heterocycles. The van der Waals surface area contributed by atoms with Gasteiger partial charge < -0.3 is 9.47 Å². The van der Waals surface area contributed by atoms with Gasteiger partial charge in [-0.15, -0.1) is 0 Å². The van der Waals surface area contributed by atoms with Crippen molar-refractivity contribution in [3.63, 3.8) is 0 Å². The molecule has 0 bridgehead atoms. The second-order valence-corrected chi connectivity index (χ2v) is 10.6. The molecular formula is C31H60O4. The molecule has 4 nitrogen and oxygen atoms in total. The smallest absolute Gasteiger partial charge is 0.305 e. The molecule has 0 heterocycles. The quantitative estimate of drug-likeness (QED) is 0.0883. The van der Waals surface area contributed by atoms with E-state index in [1.165, 1.54) is 64.2 Å². The highest BCUT2D eigenvalue weighted by Gasteiger charge is 2.24. The molecule has 0 unspecified atom stereocenters. The van der Waals surface area contributed by atoms with Crippen LogP contribution in [-0.4, -0.2) is 25.2 Å². The Morgan fingerprint density at radius 1 is 0.486 bits per heavy atom. The van der Waals surface area contributed by atoms with Crippen LogP contribution in [0, 0.1) is 5.41 Å². The number of esters is 2. The number of ether oxygens (including phenoxy) is 2. The van der Waals surface area contributed by atoms with E-state index in [2.05, 4.69) is 27.7 Å². The fourth-order valence-corrected chi connectivity index (χ4v) is 4.90. The minimum absolute atomic E-state index is 0.0144. The Kier molecular flexibility index (Phi) is 23.9. The van der Waals surface area contributed by atoms with Gasteiger partial charge in [-0.3, -0.25) is 9.59 Å². The zero-order chi connectivity index (χ0) is 26.0. The van der Waals surface area contributed by atoms with Crippen molar-refractivity contribution in [2.75, 3.05) is 13.2 Å². The van der Waals surface area contributed by atoms with Crippen LogP contribution in [0.5, 0.6) is 0 Å². The van der Waals surface area contributed by atoms with Gasteiger partial charge in [0.2, 0.25) is 0 Å². The van der Waals surface area contributed by atoms with Crippen LogP contribution in [0.1, 0.15) is 169 Å². The molecule has 0 atom stereocenters. The maximum atomic E-state index is 11.7. The molecule has 0 amide bonds. The van der Waals surface area contributed by atoms with Gasteiger partial charge in [0.15, 0.2) is 0 Å². The summed E-state index contributed by atoms with van der Waals surface area (Å²) in [5, 5.41) is 0.